The molecule has 3 nitrogen and oxygen atoms in total. The Bertz CT molecular complexity index is 254. The molecule has 0 aromatic carbocycles. The summed E-state index contributed by atoms with van der Waals surface area (Å²) in [6.07, 6.45) is 8.74. The SMILES string of the molecule is Cl.O=C(NC1CC1)C1CC2CCCCC2N1. The molecule has 4 heteroatoms. The fourth-order valence-corrected chi connectivity index (χ4v) is 3.05. The molecule has 2 N–H and O–H groups in total. The minimum absolute atomic E-state index is 0. The van der Waals surface area contributed by atoms with Gasteiger partial charge < -0.3 is 10.6 Å². The van der Waals surface area contributed by atoms with Gasteiger partial charge in [0.2, 0.25) is 5.91 Å². The predicted molar refractivity (Wildman–Crippen MR) is 65.7 cm³/mol. The second-order valence-electron chi connectivity index (χ2n) is 5.39. The van der Waals surface area contributed by atoms with Crippen molar-refractivity contribution in [2.45, 2.75) is 63.1 Å². The average molecular weight is 245 g/mol. The standard InChI is InChI=1S/C12H20N2O.ClH/c15-12(13-9-5-6-9)11-7-8-3-1-2-4-10(8)14-11;/h8-11,14H,1-7H2,(H,13,15);1H. The van der Waals surface area contributed by atoms with Gasteiger partial charge in [0, 0.05) is 12.1 Å². The lowest BCUT2D eigenvalue weighted by Crippen LogP contribution is -2.43. The zero-order chi connectivity index (χ0) is 10.3. The Morgan fingerprint density at radius 1 is 1.12 bits per heavy atom. The van der Waals surface area contributed by atoms with E-state index in [0.29, 0.717) is 12.1 Å². The molecule has 1 amide bonds. The Morgan fingerprint density at radius 3 is 2.56 bits per heavy atom. The van der Waals surface area contributed by atoms with Crippen LogP contribution in [0.5, 0.6) is 0 Å². The van der Waals surface area contributed by atoms with Crippen molar-refractivity contribution in [3.8, 4) is 0 Å². The van der Waals surface area contributed by atoms with Gasteiger partial charge in [-0.25, -0.2) is 0 Å². The third kappa shape index (κ3) is 2.51. The van der Waals surface area contributed by atoms with Gasteiger partial charge in [-0.2, -0.15) is 0 Å². The monoisotopic (exact) mass is 244 g/mol. The van der Waals surface area contributed by atoms with Crippen molar-refractivity contribution < 1.29 is 4.79 Å². The second kappa shape index (κ2) is 4.92. The van der Waals surface area contributed by atoms with Crippen LogP contribution in [-0.2, 0) is 4.79 Å². The zero-order valence-corrected chi connectivity index (χ0v) is 10.4. The van der Waals surface area contributed by atoms with Crippen molar-refractivity contribution in [3.05, 3.63) is 0 Å². The number of halogens is 1. The van der Waals surface area contributed by atoms with Gasteiger partial charge in [0.1, 0.15) is 0 Å². The molecule has 3 unspecified atom stereocenters. The molecule has 3 rings (SSSR count). The van der Waals surface area contributed by atoms with E-state index in [0.717, 1.165) is 12.3 Å². The molecule has 1 aliphatic heterocycles. The average Bonchev–Trinajstić information content (AvgIpc) is 2.95. The number of amides is 1. The lowest BCUT2D eigenvalue weighted by atomic mass is 9.85. The maximum Gasteiger partial charge on any atom is 0.237 e. The van der Waals surface area contributed by atoms with Gasteiger partial charge in [-0.05, 0) is 38.0 Å². The highest BCUT2D eigenvalue weighted by Gasteiger charge is 2.39. The van der Waals surface area contributed by atoms with E-state index in [1.807, 2.05) is 0 Å². The van der Waals surface area contributed by atoms with Gasteiger partial charge >= 0.3 is 0 Å². The fourth-order valence-electron chi connectivity index (χ4n) is 3.05. The third-order valence-electron chi connectivity index (χ3n) is 4.10. The van der Waals surface area contributed by atoms with Crippen LogP contribution in [0, 0.1) is 5.92 Å². The van der Waals surface area contributed by atoms with Crippen molar-refractivity contribution in [2.24, 2.45) is 5.92 Å². The smallest absolute Gasteiger partial charge is 0.237 e. The highest BCUT2D eigenvalue weighted by molar-refractivity contribution is 5.85. The van der Waals surface area contributed by atoms with Gasteiger partial charge in [-0.15, -0.1) is 12.4 Å². The van der Waals surface area contributed by atoms with Crippen LogP contribution in [0.1, 0.15) is 44.9 Å². The van der Waals surface area contributed by atoms with Crippen LogP contribution >= 0.6 is 12.4 Å². The first-order valence-electron chi connectivity index (χ1n) is 6.39. The number of nitrogens with one attached hydrogen (secondary N) is 2. The summed E-state index contributed by atoms with van der Waals surface area (Å²) in [5.74, 6) is 1.03. The maximum absolute atomic E-state index is 11.9. The van der Waals surface area contributed by atoms with E-state index >= 15 is 0 Å². The lowest BCUT2D eigenvalue weighted by molar-refractivity contribution is -0.123. The van der Waals surface area contributed by atoms with E-state index in [-0.39, 0.29) is 24.4 Å². The molecular weight excluding hydrogens is 224 g/mol. The number of carbonyl (C=O) groups is 1. The summed E-state index contributed by atoms with van der Waals surface area (Å²) in [5, 5.41) is 6.62. The number of hydrogen-bond acceptors (Lipinski definition) is 2. The highest BCUT2D eigenvalue weighted by atomic mass is 35.5. The molecule has 0 aromatic rings. The van der Waals surface area contributed by atoms with Gasteiger partial charge in [0.05, 0.1) is 6.04 Å². The third-order valence-corrected chi connectivity index (χ3v) is 4.10. The first kappa shape index (κ1) is 12.2. The fraction of sp³-hybridized carbons (Fsp3) is 0.917. The lowest BCUT2D eigenvalue weighted by Gasteiger charge is -2.24. The molecule has 16 heavy (non-hydrogen) atoms. The summed E-state index contributed by atoms with van der Waals surface area (Å²) < 4.78 is 0. The summed E-state index contributed by atoms with van der Waals surface area (Å²) in [6, 6.07) is 1.24. The largest absolute Gasteiger partial charge is 0.352 e. The Labute approximate surface area is 103 Å². The van der Waals surface area contributed by atoms with E-state index in [1.54, 1.807) is 0 Å². The minimum atomic E-state index is 0. The Morgan fingerprint density at radius 2 is 1.88 bits per heavy atom. The van der Waals surface area contributed by atoms with E-state index in [1.165, 1.54) is 38.5 Å². The first-order chi connectivity index (χ1) is 7.33. The molecule has 3 atom stereocenters. The molecule has 3 fully saturated rings. The van der Waals surface area contributed by atoms with Gasteiger partial charge in [-0.1, -0.05) is 12.8 Å². The topological polar surface area (TPSA) is 41.1 Å². The Kier molecular flexibility index (Phi) is 3.75. The normalized spacial score (nSPS) is 37.4. The molecule has 0 bridgehead atoms. The van der Waals surface area contributed by atoms with E-state index in [4.69, 9.17) is 0 Å². The van der Waals surface area contributed by atoms with Crippen LogP contribution in [0.3, 0.4) is 0 Å². The molecule has 3 aliphatic rings. The molecule has 2 aliphatic carbocycles. The summed E-state index contributed by atoms with van der Waals surface area (Å²) in [5.41, 5.74) is 0. The first-order valence-corrected chi connectivity index (χ1v) is 6.39. The van der Waals surface area contributed by atoms with E-state index in [2.05, 4.69) is 10.6 Å². The van der Waals surface area contributed by atoms with Gasteiger partial charge in [0.25, 0.3) is 0 Å². The van der Waals surface area contributed by atoms with Crippen LogP contribution in [0.15, 0.2) is 0 Å². The van der Waals surface area contributed by atoms with Crippen LogP contribution in [0.2, 0.25) is 0 Å². The summed E-state index contributed by atoms with van der Waals surface area (Å²) in [6.45, 7) is 0. The van der Waals surface area contributed by atoms with Crippen molar-refractivity contribution in [1.29, 1.82) is 0 Å². The predicted octanol–water partition coefficient (Wildman–Crippen LogP) is 1.61. The number of rotatable bonds is 2. The van der Waals surface area contributed by atoms with E-state index < -0.39 is 0 Å². The Hall–Kier alpha value is -0.280. The molecule has 0 spiro atoms. The number of carbonyl (C=O) groups excluding carboxylic acids is 1. The summed E-state index contributed by atoms with van der Waals surface area (Å²) in [7, 11) is 0. The summed E-state index contributed by atoms with van der Waals surface area (Å²) >= 11 is 0. The van der Waals surface area contributed by atoms with Gasteiger partial charge in [-0.3, -0.25) is 4.79 Å². The van der Waals surface area contributed by atoms with Crippen LogP contribution in [-0.4, -0.2) is 24.0 Å². The van der Waals surface area contributed by atoms with Gasteiger partial charge in [0.15, 0.2) is 0 Å². The maximum atomic E-state index is 11.9. The van der Waals surface area contributed by atoms with Crippen LogP contribution in [0.4, 0.5) is 0 Å². The second-order valence-corrected chi connectivity index (χ2v) is 5.39. The molecule has 0 aromatic heterocycles. The minimum Gasteiger partial charge on any atom is -0.352 e. The van der Waals surface area contributed by atoms with Crippen LogP contribution in [0.25, 0.3) is 0 Å². The number of fused-ring (bicyclic) bond motifs is 1. The number of hydrogen-bond donors (Lipinski definition) is 2. The van der Waals surface area contributed by atoms with Crippen molar-refractivity contribution >= 4 is 18.3 Å². The molecule has 92 valence electrons. The van der Waals surface area contributed by atoms with E-state index in [9.17, 15) is 4.79 Å². The van der Waals surface area contributed by atoms with Crippen LogP contribution < -0.4 is 10.6 Å². The quantitative estimate of drug-likeness (QED) is 0.775. The molecular formula is C12H21ClN2O. The van der Waals surface area contributed by atoms with Crippen molar-refractivity contribution in [2.75, 3.05) is 0 Å². The van der Waals surface area contributed by atoms with Crippen molar-refractivity contribution in [3.63, 3.8) is 0 Å². The molecule has 1 heterocycles. The molecule has 0 radical (unpaired) electrons. The molecule has 2 saturated carbocycles. The molecule has 1 saturated heterocycles. The van der Waals surface area contributed by atoms with Crippen molar-refractivity contribution in [1.82, 2.24) is 10.6 Å². The summed E-state index contributed by atoms with van der Waals surface area (Å²) in [4.78, 5) is 11.9. The Balaban J connectivity index is 0.000000963. The highest BCUT2D eigenvalue weighted by Crippen LogP contribution is 2.33. The zero-order valence-electron chi connectivity index (χ0n) is 9.58.